The minimum absolute atomic E-state index is 0.322. The van der Waals surface area contributed by atoms with Gasteiger partial charge in [-0.05, 0) is 90.8 Å². The lowest BCUT2D eigenvalue weighted by molar-refractivity contribution is 0.378. The Hall–Kier alpha value is -2.12. The summed E-state index contributed by atoms with van der Waals surface area (Å²) in [5.41, 5.74) is 5.85. The normalized spacial score (nSPS) is 12.0. The maximum Gasteiger partial charge on any atom is 0.123 e. The van der Waals surface area contributed by atoms with Crippen molar-refractivity contribution in [1.82, 2.24) is 19.6 Å². The van der Waals surface area contributed by atoms with E-state index in [1.165, 1.54) is 0 Å². The minimum Gasteiger partial charge on any atom is -0.507 e. The van der Waals surface area contributed by atoms with Gasteiger partial charge in [0.05, 0.1) is 0 Å². The van der Waals surface area contributed by atoms with E-state index in [0.717, 1.165) is 46.5 Å². The second kappa shape index (κ2) is 11.0. The number of rotatable bonds is 10. The smallest absolute Gasteiger partial charge is 0.123 e. The van der Waals surface area contributed by atoms with Crippen molar-refractivity contribution in [3.63, 3.8) is 0 Å². The lowest BCUT2D eigenvalue weighted by Crippen LogP contribution is -2.15. The summed E-state index contributed by atoms with van der Waals surface area (Å²) in [6.45, 7) is 2.93. The molecule has 31 heavy (non-hydrogen) atoms. The lowest BCUT2D eigenvalue weighted by atomic mass is 9.94. The predicted octanol–water partition coefficient (Wildman–Crippen LogP) is 2.94. The fourth-order valence-electron chi connectivity index (χ4n) is 3.97. The van der Waals surface area contributed by atoms with Crippen LogP contribution in [0, 0.1) is 0 Å². The Kier molecular flexibility index (Phi) is 8.89. The van der Waals surface area contributed by atoms with E-state index in [2.05, 4.69) is 43.9 Å². The van der Waals surface area contributed by atoms with Crippen molar-refractivity contribution < 1.29 is 10.2 Å². The number of hydrogen-bond donors (Lipinski definition) is 2. The van der Waals surface area contributed by atoms with E-state index in [9.17, 15) is 10.2 Å². The topological polar surface area (TPSA) is 53.4 Å². The molecule has 0 aliphatic heterocycles. The number of phenolic OH excluding ortho intramolecular Hbond substituents is 2. The second-order valence-electron chi connectivity index (χ2n) is 9.65. The Morgan fingerprint density at radius 1 is 0.484 bits per heavy atom. The van der Waals surface area contributed by atoms with Gasteiger partial charge in [0.2, 0.25) is 0 Å². The molecule has 2 rings (SSSR count). The summed E-state index contributed by atoms with van der Waals surface area (Å²) in [6, 6.07) is 8.30. The Morgan fingerprint density at radius 2 is 0.774 bits per heavy atom. The number of phenols is 2. The van der Waals surface area contributed by atoms with E-state index < -0.39 is 0 Å². The van der Waals surface area contributed by atoms with Gasteiger partial charge in [-0.1, -0.05) is 12.1 Å². The quantitative estimate of drug-likeness (QED) is 0.607. The molecule has 0 amide bonds. The monoisotopic (exact) mass is 428 g/mol. The number of nitrogens with zero attached hydrogens (tertiary/aromatic N) is 4. The van der Waals surface area contributed by atoms with Crippen LogP contribution in [0.25, 0.3) is 0 Å². The highest BCUT2D eigenvalue weighted by atomic mass is 16.3. The first-order chi connectivity index (χ1) is 14.5. The minimum atomic E-state index is 0.322. The van der Waals surface area contributed by atoms with Crippen molar-refractivity contribution in [2.45, 2.75) is 32.6 Å². The molecule has 6 heteroatoms. The van der Waals surface area contributed by atoms with Crippen LogP contribution in [0.1, 0.15) is 33.4 Å². The van der Waals surface area contributed by atoms with Gasteiger partial charge >= 0.3 is 0 Å². The molecule has 172 valence electrons. The van der Waals surface area contributed by atoms with Gasteiger partial charge in [-0.25, -0.2) is 0 Å². The molecule has 2 aromatic carbocycles. The molecule has 0 aromatic heterocycles. The molecule has 0 aliphatic carbocycles. The molecule has 0 aliphatic rings. The van der Waals surface area contributed by atoms with Gasteiger partial charge in [-0.15, -0.1) is 0 Å². The maximum absolute atomic E-state index is 11.0. The Bertz CT molecular complexity index is 805. The zero-order valence-corrected chi connectivity index (χ0v) is 20.5. The van der Waals surface area contributed by atoms with E-state index in [4.69, 9.17) is 0 Å². The summed E-state index contributed by atoms with van der Waals surface area (Å²) in [6.07, 6.45) is 0.487. The van der Waals surface area contributed by atoms with Crippen molar-refractivity contribution in [3.05, 3.63) is 57.6 Å². The van der Waals surface area contributed by atoms with Crippen LogP contribution >= 0.6 is 0 Å². The van der Waals surface area contributed by atoms with Crippen LogP contribution in [0.5, 0.6) is 11.5 Å². The van der Waals surface area contributed by atoms with E-state index >= 15 is 0 Å². The molecule has 0 saturated heterocycles. The van der Waals surface area contributed by atoms with E-state index in [1.54, 1.807) is 0 Å². The molecule has 0 saturated carbocycles. The molecule has 2 N–H and O–H groups in total. The van der Waals surface area contributed by atoms with E-state index in [0.29, 0.717) is 31.0 Å². The first-order valence-electron chi connectivity index (χ1n) is 10.7. The van der Waals surface area contributed by atoms with Crippen molar-refractivity contribution in [2.75, 3.05) is 56.4 Å². The van der Waals surface area contributed by atoms with Crippen molar-refractivity contribution in [3.8, 4) is 11.5 Å². The molecular formula is C25H40N4O2. The molecule has 0 unspecified atom stereocenters. The SMILES string of the molecule is CN(C)Cc1cc(Cc2cc(CN(C)C)cc(CN(C)C)c2O)c(O)c(CN(C)C)c1. The van der Waals surface area contributed by atoms with Crippen molar-refractivity contribution in [1.29, 1.82) is 0 Å². The second-order valence-corrected chi connectivity index (χ2v) is 9.65. The Morgan fingerprint density at radius 3 is 1.06 bits per heavy atom. The highest BCUT2D eigenvalue weighted by Crippen LogP contribution is 2.33. The van der Waals surface area contributed by atoms with Gasteiger partial charge in [0, 0.05) is 43.7 Å². The number of hydrogen-bond acceptors (Lipinski definition) is 6. The molecule has 0 heterocycles. The first-order valence-corrected chi connectivity index (χ1v) is 10.7. The molecule has 0 bridgehead atoms. The molecule has 0 radical (unpaired) electrons. The maximum atomic E-state index is 11.0. The standard InChI is InChI=1S/C25H40N4O2/c1-26(2)14-18-9-20(24(30)22(11-18)16-28(5)6)13-21-10-19(15-27(3)4)12-23(25(21)31)17-29(7)8/h9-12,30-31H,13-17H2,1-8H3. The third-order valence-electron chi connectivity index (χ3n) is 5.01. The molecule has 0 atom stereocenters. The third kappa shape index (κ3) is 7.51. The number of benzene rings is 2. The fraction of sp³-hybridized carbons (Fsp3) is 0.520. The zero-order valence-electron chi connectivity index (χ0n) is 20.5. The van der Waals surface area contributed by atoms with E-state index in [1.807, 2.05) is 56.4 Å². The largest absolute Gasteiger partial charge is 0.507 e. The average Bonchev–Trinajstić information content (AvgIpc) is 2.60. The lowest BCUT2D eigenvalue weighted by Gasteiger charge is -2.20. The van der Waals surface area contributed by atoms with Crippen LogP contribution < -0.4 is 0 Å². The van der Waals surface area contributed by atoms with Gasteiger partial charge in [0.1, 0.15) is 11.5 Å². The van der Waals surface area contributed by atoms with Crippen LogP contribution in [0.3, 0.4) is 0 Å². The zero-order chi connectivity index (χ0) is 23.3. The highest BCUT2D eigenvalue weighted by Gasteiger charge is 2.17. The summed E-state index contributed by atoms with van der Waals surface area (Å²) in [4.78, 5) is 8.37. The highest BCUT2D eigenvalue weighted by molar-refractivity contribution is 5.51. The van der Waals surface area contributed by atoms with Crippen LogP contribution in [0.2, 0.25) is 0 Å². The Labute approximate surface area is 188 Å². The average molecular weight is 429 g/mol. The van der Waals surface area contributed by atoms with Gasteiger partial charge in [0.25, 0.3) is 0 Å². The Balaban J connectivity index is 2.54. The molecule has 0 fully saturated rings. The summed E-state index contributed by atoms with van der Waals surface area (Å²) in [5, 5.41) is 22.1. The molecule has 0 spiro atoms. The van der Waals surface area contributed by atoms with Gasteiger partial charge in [0.15, 0.2) is 0 Å². The van der Waals surface area contributed by atoms with Gasteiger partial charge in [-0.2, -0.15) is 0 Å². The first kappa shape index (κ1) is 25.1. The van der Waals surface area contributed by atoms with Crippen LogP contribution in [0.15, 0.2) is 24.3 Å². The van der Waals surface area contributed by atoms with Crippen molar-refractivity contribution in [2.24, 2.45) is 0 Å². The summed E-state index contributed by atoms with van der Waals surface area (Å²) < 4.78 is 0. The van der Waals surface area contributed by atoms with Gasteiger partial charge in [-0.3, -0.25) is 0 Å². The van der Waals surface area contributed by atoms with Crippen LogP contribution in [-0.4, -0.2) is 86.2 Å². The predicted molar refractivity (Wildman–Crippen MR) is 129 cm³/mol. The third-order valence-corrected chi connectivity index (χ3v) is 5.01. The number of aromatic hydroxyl groups is 2. The molecule has 6 nitrogen and oxygen atoms in total. The summed E-state index contributed by atoms with van der Waals surface area (Å²) in [7, 11) is 16.2. The summed E-state index contributed by atoms with van der Waals surface area (Å²) in [5.74, 6) is 0.644. The van der Waals surface area contributed by atoms with Crippen LogP contribution in [0.4, 0.5) is 0 Å². The molecule has 2 aromatic rings. The molecular weight excluding hydrogens is 388 g/mol. The van der Waals surface area contributed by atoms with E-state index in [-0.39, 0.29) is 0 Å². The van der Waals surface area contributed by atoms with Gasteiger partial charge < -0.3 is 29.8 Å². The van der Waals surface area contributed by atoms with Crippen LogP contribution in [-0.2, 0) is 32.6 Å². The summed E-state index contributed by atoms with van der Waals surface area (Å²) >= 11 is 0. The van der Waals surface area contributed by atoms with Crippen molar-refractivity contribution >= 4 is 0 Å². The fourth-order valence-corrected chi connectivity index (χ4v) is 3.97.